The van der Waals surface area contributed by atoms with Gasteiger partial charge in [0.25, 0.3) is 0 Å². The Kier molecular flexibility index (Phi) is 9.08. The van der Waals surface area contributed by atoms with Crippen LogP contribution in [0, 0.1) is 5.92 Å². The van der Waals surface area contributed by atoms with E-state index in [1.54, 1.807) is 21.0 Å². The first-order valence-corrected chi connectivity index (χ1v) is 9.18. The van der Waals surface area contributed by atoms with Gasteiger partial charge in [0.05, 0.1) is 6.54 Å². The molecular formula is C18H32F3N5O. The molecule has 0 aromatic heterocycles. The van der Waals surface area contributed by atoms with Crippen molar-refractivity contribution in [2.75, 3.05) is 59.9 Å². The molecule has 27 heavy (non-hydrogen) atoms. The van der Waals surface area contributed by atoms with Crippen molar-refractivity contribution in [2.24, 2.45) is 10.9 Å². The van der Waals surface area contributed by atoms with Gasteiger partial charge in [-0.3, -0.25) is 9.69 Å². The molecule has 0 saturated carbocycles. The third kappa shape index (κ3) is 9.12. The number of carbonyl (C=O) groups is 1. The van der Waals surface area contributed by atoms with E-state index >= 15 is 0 Å². The first-order chi connectivity index (χ1) is 12.5. The van der Waals surface area contributed by atoms with Crippen molar-refractivity contribution in [1.82, 2.24) is 20.0 Å². The topological polar surface area (TPSA) is 51.2 Å². The van der Waals surface area contributed by atoms with Crippen molar-refractivity contribution in [3.8, 4) is 0 Å². The van der Waals surface area contributed by atoms with Crippen LogP contribution in [-0.4, -0.2) is 92.7 Å². The fraction of sp³-hybridized carbons (Fsp3) is 0.778. The molecule has 0 aliphatic carbocycles. The number of carbonyl (C=O) groups excluding carboxylic acids is 1. The summed E-state index contributed by atoms with van der Waals surface area (Å²) in [7, 11) is 3.34. The Morgan fingerprint density at radius 3 is 2.56 bits per heavy atom. The average Bonchev–Trinajstić information content (AvgIpc) is 3.00. The van der Waals surface area contributed by atoms with E-state index in [1.807, 2.05) is 11.8 Å². The maximum absolute atomic E-state index is 12.7. The van der Waals surface area contributed by atoms with E-state index in [0.717, 1.165) is 12.0 Å². The number of likely N-dealkylation sites (tertiary alicyclic amines) is 1. The maximum Gasteiger partial charge on any atom is 0.401 e. The van der Waals surface area contributed by atoms with Crippen molar-refractivity contribution in [3.63, 3.8) is 0 Å². The molecule has 1 rings (SSSR count). The quantitative estimate of drug-likeness (QED) is 0.390. The molecule has 0 aromatic rings. The molecule has 1 N–H and O–H groups in total. The van der Waals surface area contributed by atoms with Crippen LogP contribution in [-0.2, 0) is 4.79 Å². The second kappa shape index (κ2) is 10.5. The minimum atomic E-state index is -4.18. The molecule has 1 heterocycles. The number of nitrogens with zero attached hydrogens (tertiary/aromatic N) is 4. The number of aliphatic imine (C=N–C) groups is 1. The molecule has 0 radical (unpaired) electrons. The Morgan fingerprint density at radius 1 is 1.37 bits per heavy atom. The summed E-state index contributed by atoms with van der Waals surface area (Å²) in [4.78, 5) is 21.1. The van der Waals surface area contributed by atoms with Crippen LogP contribution in [0.2, 0.25) is 0 Å². The summed E-state index contributed by atoms with van der Waals surface area (Å²) in [6.45, 7) is 9.24. The summed E-state index contributed by atoms with van der Waals surface area (Å²) in [6.07, 6.45) is -3.39. The van der Waals surface area contributed by atoms with Crippen molar-refractivity contribution < 1.29 is 18.0 Å². The number of nitrogens with one attached hydrogen (secondary N) is 1. The lowest BCUT2D eigenvalue weighted by Crippen LogP contribution is -2.42. The van der Waals surface area contributed by atoms with Gasteiger partial charge in [0.2, 0.25) is 5.91 Å². The molecule has 156 valence electrons. The molecule has 1 aliphatic heterocycles. The second-order valence-electron chi connectivity index (χ2n) is 7.28. The van der Waals surface area contributed by atoms with Gasteiger partial charge in [0.1, 0.15) is 6.54 Å². The van der Waals surface area contributed by atoms with E-state index < -0.39 is 12.7 Å². The van der Waals surface area contributed by atoms with Crippen molar-refractivity contribution >= 4 is 11.9 Å². The van der Waals surface area contributed by atoms with Crippen LogP contribution in [0.3, 0.4) is 0 Å². The lowest BCUT2D eigenvalue weighted by molar-refractivity contribution is -0.146. The zero-order valence-electron chi connectivity index (χ0n) is 16.8. The van der Waals surface area contributed by atoms with Gasteiger partial charge in [-0.2, -0.15) is 13.2 Å². The number of halogens is 3. The SMILES string of the molecule is C=C(C)CNC(=NCC(=O)N(C)C)N1CCC(CN(CC)CC(F)(F)F)C1. The van der Waals surface area contributed by atoms with Gasteiger partial charge >= 0.3 is 6.18 Å². The largest absolute Gasteiger partial charge is 0.401 e. The average molecular weight is 391 g/mol. The molecule has 6 nitrogen and oxygen atoms in total. The van der Waals surface area contributed by atoms with E-state index in [0.29, 0.717) is 38.7 Å². The molecule has 1 amide bonds. The summed E-state index contributed by atoms with van der Waals surface area (Å²) in [6, 6.07) is 0. The normalized spacial score (nSPS) is 18.1. The number of rotatable bonds is 8. The Morgan fingerprint density at radius 2 is 2.04 bits per heavy atom. The van der Waals surface area contributed by atoms with Crippen LogP contribution >= 0.6 is 0 Å². The van der Waals surface area contributed by atoms with Gasteiger partial charge in [-0.25, -0.2) is 4.99 Å². The third-order valence-electron chi connectivity index (χ3n) is 4.36. The first-order valence-electron chi connectivity index (χ1n) is 9.18. The van der Waals surface area contributed by atoms with Gasteiger partial charge in [-0.1, -0.05) is 19.1 Å². The predicted molar refractivity (Wildman–Crippen MR) is 102 cm³/mol. The Balaban J connectivity index is 2.71. The number of likely N-dealkylation sites (N-methyl/N-ethyl adjacent to an activating group) is 1. The Labute approximate surface area is 160 Å². The minimum absolute atomic E-state index is 0.0296. The van der Waals surface area contributed by atoms with Crippen LogP contribution in [0.4, 0.5) is 13.2 Å². The smallest absolute Gasteiger partial charge is 0.353 e. The van der Waals surface area contributed by atoms with Crippen molar-refractivity contribution in [2.45, 2.75) is 26.4 Å². The molecule has 1 saturated heterocycles. The van der Waals surface area contributed by atoms with E-state index in [1.165, 1.54) is 9.80 Å². The Hall–Kier alpha value is -1.77. The number of hydrogen-bond acceptors (Lipinski definition) is 3. The number of alkyl halides is 3. The van der Waals surface area contributed by atoms with E-state index in [2.05, 4.69) is 16.9 Å². The standard InChI is InChI=1S/C18H32F3N5O/c1-6-25(13-18(19,20)21)11-15-7-8-26(12-15)17(22-9-14(2)3)23-10-16(27)24(4)5/h15H,2,6-13H2,1,3-5H3,(H,22,23). The number of guanidine groups is 1. The van der Waals surface area contributed by atoms with Crippen LogP contribution in [0.5, 0.6) is 0 Å². The minimum Gasteiger partial charge on any atom is -0.353 e. The predicted octanol–water partition coefficient (Wildman–Crippen LogP) is 1.80. The second-order valence-corrected chi connectivity index (χ2v) is 7.28. The van der Waals surface area contributed by atoms with Crippen LogP contribution in [0.1, 0.15) is 20.3 Å². The van der Waals surface area contributed by atoms with E-state index in [-0.39, 0.29) is 18.4 Å². The molecule has 1 aliphatic rings. The van der Waals surface area contributed by atoms with Crippen LogP contribution < -0.4 is 5.32 Å². The maximum atomic E-state index is 12.7. The number of amides is 1. The molecule has 1 atom stereocenters. The van der Waals surface area contributed by atoms with Crippen molar-refractivity contribution in [3.05, 3.63) is 12.2 Å². The highest BCUT2D eigenvalue weighted by Crippen LogP contribution is 2.21. The van der Waals surface area contributed by atoms with E-state index in [4.69, 9.17) is 0 Å². The fourth-order valence-electron chi connectivity index (χ4n) is 2.88. The van der Waals surface area contributed by atoms with Crippen LogP contribution in [0.25, 0.3) is 0 Å². The highest BCUT2D eigenvalue weighted by molar-refractivity contribution is 5.85. The lowest BCUT2D eigenvalue weighted by Gasteiger charge is -2.26. The first kappa shape index (κ1) is 23.3. The van der Waals surface area contributed by atoms with Crippen molar-refractivity contribution in [1.29, 1.82) is 0 Å². The van der Waals surface area contributed by atoms with Gasteiger partial charge in [-0.05, 0) is 25.8 Å². The lowest BCUT2D eigenvalue weighted by atomic mass is 10.1. The summed E-state index contributed by atoms with van der Waals surface area (Å²) in [5.41, 5.74) is 0.930. The summed E-state index contributed by atoms with van der Waals surface area (Å²) >= 11 is 0. The monoisotopic (exact) mass is 391 g/mol. The molecule has 9 heteroatoms. The zero-order valence-corrected chi connectivity index (χ0v) is 16.8. The number of hydrogen-bond donors (Lipinski definition) is 1. The zero-order chi connectivity index (χ0) is 20.6. The molecular weight excluding hydrogens is 359 g/mol. The van der Waals surface area contributed by atoms with Crippen LogP contribution in [0.15, 0.2) is 17.1 Å². The Bertz CT molecular complexity index is 534. The summed E-state index contributed by atoms with van der Waals surface area (Å²) in [5.74, 6) is 0.631. The molecule has 0 aromatic carbocycles. The van der Waals surface area contributed by atoms with Gasteiger partial charge < -0.3 is 15.1 Å². The molecule has 0 bridgehead atoms. The highest BCUT2D eigenvalue weighted by atomic mass is 19.4. The molecule has 0 spiro atoms. The third-order valence-corrected chi connectivity index (χ3v) is 4.36. The van der Waals surface area contributed by atoms with Gasteiger partial charge in [0.15, 0.2) is 5.96 Å². The molecule has 1 fully saturated rings. The molecule has 1 unspecified atom stereocenters. The van der Waals surface area contributed by atoms with Gasteiger partial charge in [0, 0.05) is 40.3 Å². The highest BCUT2D eigenvalue weighted by Gasteiger charge is 2.33. The summed E-state index contributed by atoms with van der Waals surface area (Å²) in [5, 5.41) is 3.19. The summed E-state index contributed by atoms with van der Waals surface area (Å²) < 4.78 is 38.0. The fourth-order valence-corrected chi connectivity index (χ4v) is 2.88. The van der Waals surface area contributed by atoms with E-state index in [9.17, 15) is 18.0 Å². The van der Waals surface area contributed by atoms with Gasteiger partial charge in [-0.15, -0.1) is 0 Å².